The Morgan fingerprint density at radius 1 is 1.17 bits per heavy atom. The van der Waals surface area contributed by atoms with Crippen LogP contribution in [0, 0.1) is 5.41 Å². The fraction of sp³-hybridized carbons (Fsp3) is 0.423. The molecule has 0 atom stereocenters. The second kappa shape index (κ2) is 9.33. The van der Waals surface area contributed by atoms with Crippen molar-refractivity contribution in [2.24, 2.45) is 5.41 Å². The minimum absolute atomic E-state index is 0.0232. The summed E-state index contributed by atoms with van der Waals surface area (Å²) in [6.45, 7) is 8.46. The van der Waals surface area contributed by atoms with Gasteiger partial charge in [0.25, 0.3) is 0 Å². The number of hydrogen-bond donors (Lipinski definition) is 2. The van der Waals surface area contributed by atoms with Gasteiger partial charge in [0.05, 0.1) is 6.54 Å². The molecule has 0 amide bonds. The molecule has 2 aromatic heterocycles. The van der Waals surface area contributed by atoms with Crippen LogP contribution in [0.1, 0.15) is 44.0 Å². The molecule has 9 nitrogen and oxygen atoms in total. The summed E-state index contributed by atoms with van der Waals surface area (Å²) < 4.78 is 33.8. The van der Waals surface area contributed by atoms with Gasteiger partial charge in [-0.2, -0.15) is 0 Å². The maximum atomic E-state index is 12.6. The van der Waals surface area contributed by atoms with Crippen molar-refractivity contribution in [2.45, 2.75) is 51.5 Å². The van der Waals surface area contributed by atoms with Crippen LogP contribution in [0.4, 0.5) is 11.6 Å². The highest BCUT2D eigenvalue weighted by atomic mass is 32.2. The zero-order chi connectivity index (χ0) is 25.5. The number of aromatic nitrogens is 3. The number of ether oxygens (including phenoxy) is 1. The number of nitrogens with one attached hydrogen (secondary N) is 1. The van der Waals surface area contributed by atoms with E-state index in [0.717, 1.165) is 47.7 Å². The number of pyridine rings is 1. The van der Waals surface area contributed by atoms with E-state index >= 15 is 0 Å². The number of aryl methyl sites for hydroxylation is 1. The Hall–Kier alpha value is -3.24. The number of rotatable bonds is 5. The summed E-state index contributed by atoms with van der Waals surface area (Å²) >= 11 is 0. The van der Waals surface area contributed by atoms with Crippen LogP contribution in [0.2, 0.25) is 0 Å². The highest BCUT2D eigenvalue weighted by molar-refractivity contribution is 7.89. The van der Waals surface area contributed by atoms with E-state index in [9.17, 15) is 8.42 Å². The molecule has 3 N–H and O–H groups in total. The van der Waals surface area contributed by atoms with Gasteiger partial charge in [-0.3, -0.25) is 0 Å². The summed E-state index contributed by atoms with van der Waals surface area (Å²) in [6.07, 6.45) is 6.29. The average Bonchev–Trinajstić information content (AvgIpc) is 3.05. The highest BCUT2D eigenvalue weighted by Crippen LogP contribution is 2.39. The molecule has 0 fully saturated rings. The molecule has 0 bridgehead atoms. The van der Waals surface area contributed by atoms with Gasteiger partial charge < -0.3 is 15.4 Å². The molecule has 1 aliphatic heterocycles. The van der Waals surface area contributed by atoms with Gasteiger partial charge in [-0.05, 0) is 48.4 Å². The molecule has 10 heteroatoms. The van der Waals surface area contributed by atoms with Crippen molar-refractivity contribution in [3.63, 3.8) is 0 Å². The first-order valence-corrected chi connectivity index (χ1v) is 13.7. The van der Waals surface area contributed by atoms with E-state index in [1.807, 2.05) is 18.2 Å². The lowest BCUT2D eigenvalue weighted by atomic mass is 9.76. The van der Waals surface area contributed by atoms with Crippen molar-refractivity contribution in [1.29, 1.82) is 0 Å². The highest BCUT2D eigenvalue weighted by Gasteiger charge is 2.30. The summed E-state index contributed by atoms with van der Waals surface area (Å²) in [6, 6.07) is 7.45. The minimum Gasteiger partial charge on any atom is -0.491 e. The van der Waals surface area contributed by atoms with Gasteiger partial charge in [-0.15, -0.1) is 0 Å². The lowest BCUT2D eigenvalue weighted by Gasteiger charge is -2.33. The van der Waals surface area contributed by atoms with Crippen LogP contribution < -0.4 is 20.1 Å². The van der Waals surface area contributed by atoms with E-state index in [1.54, 1.807) is 25.5 Å². The van der Waals surface area contributed by atoms with Gasteiger partial charge in [0.15, 0.2) is 0 Å². The van der Waals surface area contributed by atoms with Crippen LogP contribution in [0.25, 0.3) is 11.1 Å². The number of hydrogen-bond acceptors (Lipinski definition) is 8. The van der Waals surface area contributed by atoms with Crippen LogP contribution >= 0.6 is 0 Å². The Labute approximate surface area is 212 Å². The minimum atomic E-state index is -3.74. The summed E-state index contributed by atoms with van der Waals surface area (Å²) in [4.78, 5) is 15.7. The van der Waals surface area contributed by atoms with Gasteiger partial charge in [-0.1, -0.05) is 26.8 Å². The standard InChI is InChI=1S/C26H32N6O3S/c1-4-31-36(33,34)23-12-18(14-28-24(23)27)17-5-6-22-19(11-17)15-32(9-10-35-22)25-20-13-26(2,3)8-7-21(20)29-16-30-25/h5-6,11-12,14,16,31H,4,7-10,13,15H2,1-3H3,(H2,27,28). The third-order valence-electron chi connectivity index (χ3n) is 6.88. The van der Waals surface area contributed by atoms with Gasteiger partial charge >= 0.3 is 0 Å². The monoisotopic (exact) mass is 508 g/mol. The van der Waals surface area contributed by atoms with Gasteiger partial charge in [0.2, 0.25) is 10.0 Å². The Bertz CT molecular complexity index is 1410. The lowest BCUT2D eigenvalue weighted by molar-refractivity contribution is 0.310. The predicted octanol–water partition coefficient (Wildman–Crippen LogP) is 3.33. The molecule has 1 aliphatic carbocycles. The van der Waals surface area contributed by atoms with Crippen LogP contribution in [0.5, 0.6) is 5.75 Å². The smallest absolute Gasteiger partial charge is 0.244 e. The third kappa shape index (κ3) is 4.75. The number of fused-ring (bicyclic) bond motifs is 2. The van der Waals surface area contributed by atoms with Gasteiger partial charge in [-0.25, -0.2) is 28.1 Å². The van der Waals surface area contributed by atoms with Crippen molar-refractivity contribution in [2.75, 3.05) is 30.3 Å². The van der Waals surface area contributed by atoms with Crippen molar-refractivity contribution >= 4 is 21.7 Å². The number of nitrogens with zero attached hydrogens (tertiary/aromatic N) is 4. The Balaban J connectivity index is 1.50. The molecule has 2 aliphatic rings. The molecular weight excluding hydrogens is 476 g/mol. The van der Waals surface area contributed by atoms with Crippen LogP contribution in [0.3, 0.4) is 0 Å². The maximum Gasteiger partial charge on any atom is 0.244 e. The molecule has 0 saturated carbocycles. The third-order valence-corrected chi connectivity index (χ3v) is 8.46. The Morgan fingerprint density at radius 3 is 2.81 bits per heavy atom. The van der Waals surface area contributed by atoms with E-state index in [1.165, 1.54) is 5.56 Å². The van der Waals surface area contributed by atoms with Crippen molar-refractivity contribution in [3.8, 4) is 16.9 Å². The molecular formula is C26H32N6O3S. The van der Waals surface area contributed by atoms with Gasteiger partial charge in [0.1, 0.15) is 35.2 Å². The average molecular weight is 509 g/mol. The van der Waals surface area contributed by atoms with E-state index < -0.39 is 10.0 Å². The first kappa shape index (κ1) is 24.5. The Kier molecular flexibility index (Phi) is 6.34. The number of anilines is 2. The fourth-order valence-electron chi connectivity index (χ4n) is 4.98. The number of sulfonamides is 1. The Morgan fingerprint density at radius 2 is 2.00 bits per heavy atom. The normalized spacial score (nSPS) is 17.0. The summed E-state index contributed by atoms with van der Waals surface area (Å²) in [5.74, 6) is 1.76. The zero-order valence-electron chi connectivity index (χ0n) is 20.9. The molecule has 5 rings (SSSR count). The predicted molar refractivity (Wildman–Crippen MR) is 139 cm³/mol. The molecule has 0 unspecified atom stereocenters. The van der Waals surface area contributed by atoms with Gasteiger partial charge in [0, 0.05) is 41.7 Å². The first-order valence-electron chi connectivity index (χ1n) is 12.3. The van der Waals surface area contributed by atoms with Crippen molar-refractivity contribution in [1.82, 2.24) is 19.7 Å². The molecule has 36 heavy (non-hydrogen) atoms. The van der Waals surface area contributed by atoms with Crippen molar-refractivity contribution < 1.29 is 13.2 Å². The molecule has 3 heterocycles. The topological polar surface area (TPSA) is 123 Å². The second-order valence-corrected chi connectivity index (χ2v) is 11.9. The van der Waals surface area contributed by atoms with Crippen LogP contribution in [-0.4, -0.2) is 43.1 Å². The number of benzene rings is 1. The molecule has 3 aromatic rings. The summed E-state index contributed by atoms with van der Waals surface area (Å²) in [7, 11) is -3.74. The van der Waals surface area contributed by atoms with Crippen LogP contribution in [0.15, 0.2) is 41.7 Å². The van der Waals surface area contributed by atoms with E-state index in [0.29, 0.717) is 25.3 Å². The molecule has 0 spiro atoms. The van der Waals surface area contributed by atoms with E-state index in [2.05, 4.69) is 33.4 Å². The SMILES string of the molecule is CCNS(=O)(=O)c1cc(-c2ccc3c(c2)CN(c2ncnc4c2CC(C)(C)CC4)CCO3)cnc1N. The van der Waals surface area contributed by atoms with Crippen molar-refractivity contribution in [3.05, 3.63) is 53.6 Å². The lowest BCUT2D eigenvalue weighted by Crippen LogP contribution is -2.31. The fourth-order valence-corrected chi connectivity index (χ4v) is 6.13. The van der Waals surface area contributed by atoms with E-state index in [4.69, 9.17) is 15.5 Å². The quantitative estimate of drug-likeness (QED) is 0.538. The van der Waals surface area contributed by atoms with E-state index in [-0.39, 0.29) is 22.7 Å². The summed E-state index contributed by atoms with van der Waals surface area (Å²) in [5.41, 5.74) is 11.0. The molecule has 0 radical (unpaired) electrons. The molecule has 190 valence electrons. The molecule has 0 saturated heterocycles. The second-order valence-electron chi connectivity index (χ2n) is 10.2. The largest absolute Gasteiger partial charge is 0.491 e. The number of nitrogen functional groups attached to an aromatic ring is 1. The molecule has 1 aromatic carbocycles. The zero-order valence-corrected chi connectivity index (χ0v) is 21.7. The maximum absolute atomic E-state index is 12.6. The van der Waals surface area contributed by atoms with Crippen LogP contribution in [-0.2, 0) is 29.4 Å². The summed E-state index contributed by atoms with van der Waals surface area (Å²) in [5, 5.41) is 0. The first-order chi connectivity index (χ1) is 17.2. The number of nitrogens with two attached hydrogens (primary N) is 1.